The van der Waals surface area contributed by atoms with Gasteiger partial charge < -0.3 is 14.9 Å². The minimum atomic E-state index is -1.23. The van der Waals surface area contributed by atoms with Crippen molar-refractivity contribution in [1.29, 1.82) is 0 Å². The van der Waals surface area contributed by atoms with Gasteiger partial charge in [0.1, 0.15) is 5.82 Å². The maximum absolute atomic E-state index is 14.3. The van der Waals surface area contributed by atoms with Gasteiger partial charge in [-0.15, -0.1) is 0 Å². The van der Waals surface area contributed by atoms with E-state index in [0.29, 0.717) is 29.8 Å². The number of aliphatic carboxylic acids is 1. The Morgan fingerprint density at radius 1 is 1.03 bits per heavy atom. The van der Waals surface area contributed by atoms with Crippen molar-refractivity contribution in [2.45, 2.75) is 44.7 Å². The van der Waals surface area contributed by atoms with E-state index in [4.69, 9.17) is 9.63 Å². The molecule has 0 amide bonds. The van der Waals surface area contributed by atoms with Gasteiger partial charge in [0.15, 0.2) is 11.6 Å². The van der Waals surface area contributed by atoms with Gasteiger partial charge in [-0.05, 0) is 85.2 Å². The Bertz CT molecular complexity index is 1560. The molecule has 1 atom stereocenters. The molecule has 4 aromatic rings. The highest BCUT2D eigenvalue weighted by atomic mass is 19.2. The van der Waals surface area contributed by atoms with Gasteiger partial charge in [0.05, 0.1) is 11.5 Å². The van der Waals surface area contributed by atoms with Crippen LogP contribution in [0.1, 0.15) is 42.0 Å². The van der Waals surface area contributed by atoms with Crippen LogP contribution in [-0.2, 0) is 11.2 Å². The Kier molecular flexibility index (Phi) is 6.03. The van der Waals surface area contributed by atoms with Crippen LogP contribution < -0.4 is 5.32 Å². The summed E-state index contributed by atoms with van der Waals surface area (Å²) in [6.45, 7) is 1.68. The number of carboxylic acids is 1. The molecule has 0 spiro atoms. The summed E-state index contributed by atoms with van der Waals surface area (Å²) in [5.74, 6) is -3.47. The maximum Gasteiger partial charge on any atom is 0.306 e. The van der Waals surface area contributed by atoms with Crippen molar-refractivity contribution in [2.75, 3.05) is 0 Å². The highest BCUT2D eigenvalue weighted by Gasteiger charge is 2.36. The molecule has 6 nitrogen and oxygen atoms in total. The van der Waals surface area contributed by atoms with E-state index in [2.05, 4.69) is 27.6 Å². The zero-order valence-corrected chi connectivity index (χ0v) is 20.5. The van der Waals surface area contributed by atoms with Crippen molar-refractivity contribution in [3.63, 3.8) is 0 Å². The maximum atomic E-state index is 14.3. The third kappa shape index (κ3) is 4.26. The summed E-state index contributed by atoms with van der Waals surface area (Å²) < 4.78 is 47.8. The molecule has 38 heavy (non-hydrogen) atoms. The molecule has 1 unspecified atom stereocenters. The molecule has 9 heteroatoms. The summed E-state index contributed by atoms with van der Waals surface area (Å²) in [5, 5.41) is 16.8. The molecule has 3 aromatic carbocycles. The van der Waals surface area contributed by atoms with Crippen LogP contribution in [0.25, 0.3) is 34.0 Å². The molecule has 1 aromatic heterocycles. The van der Waals surface area contributed by atoms with Crippen molar-refractivity contribution in [3.05, 3.63) is 82.7 Å². The average molecular weight is 520 g/mol. The predicted molar refractivity (Wildman–Crippen MR) is 134 cm³/mol. The van der Waals surface area contributed by atoms with Crippen LogP contribution in [0.15, 0.2) is 53.1 Å². The molecule has 0 radical (unpaired) electrons. The number of aromatic nitrogens is 2. The highest BCUT2D eigenvalue weighted by Crippen LogP contribution is 2.38. The third-order valence-electron chi connectivity index (χ3n) is 7.62. The second-order valence-corrected chi connectivity index (χ2v) is 10.0. The second-order valence-electron chi connectivity index (χ2n) is 10.0. The lowest BCUT2D eigenvalue weighted by Gasteiger charge is -2.35. The quantitative estimate of drug-likeness (QED) is 0.294. The molecular weight excluding hydrogens is 495 g/mol. The summed E-state index contributed by atoms with van der Waals surface area (Å²) in [6, 6.07) is 12.9. The molecule has 1 saturated carbocycles. The van der Waals surface area contributed by atoms with Crippen LogP contribution in [-0.4, -0.2) is 27.3 Å². The number of fused-ring (bicyclic) bond motifs is 1. The molecule has 194 valence electrons. The number of carbonyl (C=O) groups is 1. The van der Waals surface area contributed by atoms with Gasteiger partial charge in [0, 0.05) is 23.2 Å². The number of rotatable bonds is 6. The van der Waals surface area contributed by atoms with Gasteiger partial charge in [-0.3, -0.25) is 4.79 Å². The van der Waals surface area contributed by atoms with Crippen molar-refractivity contribution in [3.8, 4) is 34.0 Å². The van der Waals surface area contributed by atoms with Gasteiger partial charge in [0.2, 0.25) is 5.82 Å². The van der Waals surface area contributed by atoms with Gasteiger partial charge in [0.25, 0.3) is 5.89 Å². The molecule has 2 aliphatic carbocycles. The van der Waals surface area contributed by atoms with Gasteiger partial charge >= 0.3 is 5.97 Å². The zero-order valence-electron chi connectivity index (χ0n) is 20.5. The summed E-state index contributed by atoms with van der Waals surface area (Å²) in [5.41, 5.74) is 4.15. The Labute approximate surface area is 216 Å². The van der Waals surface area contributed by atoms with Gasteiger partial charge in [-0.1, -0.05) is 23.4 Å². The Hall–Kier alpha value is -3.98. The topological polar surface area (TPSA) is 88.2 Å². The van der Waals surface area contributed by atoms with E-state index in [9.17, 15) is 18.0 Å². The number of hydrogen-bond acceptors (Lipinski definition) is 5. The molecule has 1 fully saturated rings. The summed E-state index contributed by atoms with van der Waals surface area (Å²) in [7, 11) is 0. The monoisotopic (exact) mass is 519 g/mol. The van der Waals surface area contributed by atoms with Crippen molar-refractivity contribution >= 4 is 5.97 Å². The summed E-state index contributed by atoms with van der Waals surface area (Å²) in [4.78, 5) is 15.6. The van der Waals surface area contributed by atoms with E-state index < -0.39 is 29.0 Å². The summed E-state index contributed by atoms with van der Waals surface area (Å²) in [6.07, 6.45) is 3.17. The minimum absolute atomic E-state index is 0.203. The first-order chi connectivity index (χ1) is 18.3. The lowest BCUT2D eigenvalue weighted by Crippen LogP contribution is -2.45. The first kappa shape index (κ1) is 24.4. The first-order valence-electron chi connectivity index (χ1n) is 12.5. The number of nitrogens with zero attached hydrogens (tertiary/aromatic N) is 2. The van der Waals surface area contributed by atoms with Crippen LogP contribution >= 0.6 is 0 Å². The van der Waals surface area contributed by atoms with E-state index in [-0.39, 0.29) is 29.5 Å². The predicted octanol–water partition coefficient (Wildman–Crippen LogP) is 6.24. The lowest BCUT2D eigenvalue weighted by molar-refractivity contribution is -0.145. The van der Waals surface area contributed by atoms with Crippen LogP contribution in [0.2, 0.25) is 0 Å². The third-order valence-corrected chi connectivity index (χ3v) is 7.62. The average Bonchev–Trinajstić information content (AvgIpc) is 3.51. The van der Waals surface area contributed by atoms with E-state index >= 15 is 0 Å². The summed E-state index contributed by atoms with van der Waals surface area (Å²) >= 11 is 0. The lowest BCUT2D eigenvalue weighted by atomic mass is 9.80. The molecule has 0 bridgehead atoms. The number of benzene rings is 3. The number of halogens is 3. The smallest absolute Gasteiger partial charge is 0.306 e. The van der Waals surface area contributed by atoms with Gasteiger partial charge in [-0.2, -0.15) is 4.98 Å². The van der Waals surface area contributed by atoms with E-state index in [0.717, 1.165) is 30.5 Å². The van der Waals surface area contributed by atoms with Crippen LogP contribution in [0.3, 0.4) is 0 Å². The molecular formula is C29H24F3N3O3. The minimum Gasteiger partial charge on any atom is -0.481 e. The fourth-order valence-corrected chi connectivity index (χ4v) is 5.48. The molecule has 2 N–H and O–H groups in total. The molecule has 6 rings (SSSR count). The van der Waals surface area contributed by atoms with Crippen molar-refractivity contribution in [2.24, 2.45) is 5.92 Å². The zero-order chi connectivity index (χ0) is 26.6. The van der Waals surface area contributed by atoms with Crippen molar-refractivity contribution < 1.29 is 27.6 Å². The number of nitrogens with one attached hydrogen (secondary N) is 1. The fourth-order valence-electron chi connectivity index (χ4n) is 5.48. The fraction of sp³-hybridized carbons (Fsp3) is 0.276. The standard InChI is InChI=1S/C29H24F3N3O3/c1-14-10-17(3-5-20(14)25-22(30)7-8-23(31)26(25)32)28-34-27(35-38-28)16-2-6-21-15(11-16)4-9-24(21)33-19-12-18(13-19)29(36)37/h2-3,5-8,10-11,18-19,24,33H,4,9,12-13H2,1H3,(H,36,37). The molecule has 0 aliphatic heterocycles. The number of carboxylic acid groups (broad SMARTS) is 1. The molecule has 0 saturated heterocycles. The number of hydrogen-bond donors (Lipinski definition) is 2. The first-order valence-corrected chi connectivity index (χ1v) is 12.5. The van der Waals surface area contributed by atoms with Crippen LogP contribution in [0.4, 0.5) is 13.2 Å². The normalized spacial score (nSPS) is 20.3. The van der Waals surface area contributed by atoms with Crippen molar-refractivity contribution in [1.82, 2.24) is 15.5 Å². The number of aryl methyl sites for hydroxylation is 2. The SMILES string of the molecule is Cc1cc(-c2nc(-c3ccc4c(c3)CCC4NC3CC(C(=O)O)C3)no2)ccc1-c1c(F)ccc(F)c1F. The van der Waals surface area contributed by atoms with E-state index in [1.807, 2.05) is 6.07 Å². The van der Waals surface area contributed by atoms with E-state index in [1.165, 1.54) is 17.2 Å². The van der Waals surface area contributed by atoms with Gasteiger partial charge in [-0.25, -0.2) is 13.2 Å². The second kappa shape index (κ2) is 9.40. The molecule has 2 aliphatic rings. The Morgan fingerprint density at radius 3 is 2.55 bits per heavy atom. The molecule has 1 heterocycles. The van der Waals surface area contributed by atoms with E-state index in [1.54, 1.807) is 19.1 Å². The van der Waals surface area contributed by atoms with Crippen LogP contribution in [0, 0.1) is 30.3 Å². The Morgan fingerprint density at radius 2 is 1.79 bits per heavy atom. The highest BCUT2D eigenvalue weighted by molar-refractivity contribution is 5.73. The largest absolute Gasteiger partial charge is 0.481 e. The van der Waals surface area contributed by atoms with Crippen LogP contribution in [0.5, 0.6) is 0 Å². The Balaban J connectivity index is 1.20.